The number of alkyl halides is 3. The van der Waals surface area contributed by atoms with Crippen LogP contribution in [0.5, 0.6) is 0 Å². The third-order valence-corrected chi connectivity index (χ3v) is 3.37. The Balaban J connectivity index is 1.97. The second-order valence-corrected chi connectivity index (χ2v) is 4.76. The van der Waals surface area contributed by atoms with Crippen LogP contribution in [0.1, 0.15) is 12.0 Å². The van der Waals surface area contributed by atoms with Crippen LogP contribution in [0.4, 0.5) is 23.7 Å². The van der Waals surface area contributed by atoms with Gasteiger partial charge in [-0.25, -0.2) is 4.79 Å². The summed E-state index contributed by atoms with van der Waals surface area (Å²) < 4.78 is 37.2. The van der Waals surface area contributed by atoms with E-state index in [0.29, 0.717) is 5.69 Å². The average Bonchev–Trinajstić information content (AvgIpc) is 2.91. The van der Waals surface area contributed by atoms with Crippen LogP contribution in [-0.2, 0) is 6.18 Å². The van der Waals surface area contributed by atoms with Crippen LogP contribution >= 0.6 is 0 Å². The lowest BCUT2D eigenvalue weighted by molar-refractivity contribution is -0.137. The Morgan fingerprint density at radius 1 is 1.35 bits per heavy atom. The maximum atomic E-state index is 12.4. The summed E-state index contributed by atoms with van der Waals surface area (Å²) in [5.74, 6) is 0. The number of nitrogens with zero attached hydrogens (tertiary/aromatic N) is 1. The number of likely N-dealkylation sites (N-methyl/N-ethyl adjacent to an activating group) is 1. The lowest BCUT2D eigenvalue weighted by Crippen LogP contribution is -2.40. The minimum absolute atomic E-state index is 0.115. The third kappa shape index (κ3) is 3.41. The van der Waals surface area contributed by atoms with E-state index in [2.05, 4.69) is 10.6 Å². The minimum atomic E-state index is -4.37. The van der Waals surface area contributed by atoms with E-state index in [1.165, 1.54) is 12.1 Å². The molecular formula is C13H16F3N3O. The Kier molecular flexibility index (Phi) is 4.17. The summed E-state index contributed by atoms with van der Waals surface area (Å²) in [7, 11) is 1.68. The normalized spacial score (nSPS) is 18.9. The lowest BCUT2D eigenvalue weighted by Gasteiger charge is -2.24. The number of halogens is 3. The maximum Gasteiger partial charge on any atom is 0.416 e. The molecule has 2 N–H and O–H groups in total. The standard InChI is InChI=1S/C13H16F3N3O/c1-19(11-6-7-17-8-11)12(20)18-10-4-2-9(3-5-10)13(14,15)16/h2-5,11,17H,6-8H2,1H3,(H,18,20). The van der Waals surface area contributed by atoms with E-state index in [9.17, 15) is 18.0 Å². The monoisotopic (exact) mass is 287 g/mol. The molecule has 1 fully saturated rings. The molecule has 0 bridgehead atoms. The molecule has 4 nitrogen and oxygen atoms in total. The Labute approximate surface area is 114 Å². The van der Waals surface area contributed by atoms with Crippen LogP contribution in [0.15, 0.2) is 24.3 Å². The van der Waals surface area contributed by atoms with Crippen LogP contribution in [0, 0.1) is 0 Å². The predicted molar refractivity (Wildman–Crippen MR) is 69.5 cm³/mol. The van der Waals surface area contributed by atoms with Crippen LogP contribution in [0.2, 0.25) is 0 Å². The molecule has 0 saturated carbocycles. The van der Waals surface area contributed by atoms with Crippen molar-refractivity contribution in [2.45, 2.75) is 18.6 Å². The number of amides is 2. The molecule has 1 heterocycles. The van der Waals surface area contributed by atoms with Gasteiger partial charge >= 0.3 is 12.2 Å². The Morgan fingerprint density at radius 2 is 2.00 bits per heavy atom. The molecule has 1 aliphatic heterocycles. The number of carbonyl (C=O) groups excluding carboxylic acids is 1. The fraction of sp³-hybridized carbons (Fsp3) is 0.462. The SMILES string of the molecule is CN(C(=O)Nc1ccc(C(F)(F)F)cc1)C1CCNC1. The third-order valence-electron chi connectivity index (χ3n) is 3.37. The van der Waals surface area contributed by atoms with Gasteiger partial charge in [0.15, 0.2) is 0 Å². The van der Waals surface area contributed by atoms with Gasteiger partial charge in [-0.1, -0.05) is 0 Å². The van der Waals surface area contributed by atoms with Gasteiger partial charge in [-0.2, -0.15) is 13.2 Å². The van der Waals surface area contributed by atoms with E-state index in [0.717, 1.165) is 31.6 Å². The van der Waals surface area contributed by atoms with Gasteiger partial charge in [0, 0.05) is 25.3 Å². The van der Waals surface area contributed by atoms with E-state index >= 15 is 0 Å². The Hall–Kier alpha value is -1.76. The van der Waals surface area contributed by atoms with Gasteiger partial charge in [0.1, 0.15) is 0 Å². The van der Waals surface area contributed by atoms with Crippen molar-refractivity contribution >= 4 is 11.7 Å². The van der Waals surface area contributed by atoms with Gasteiger partial charge < -0.3 is 15.5 Å². The molecule has 0 aromatic heterocycles. The number of nitrogens with one attached hydrogen (secondary N) is 2. The molecule has 20 heavy (non-hydrogen) atoms. The van der Waals surface area contributed by atoms with Crippen molar-refractivity contribution in [3.63, 3.8) is 0 Å². The van der Waals surface area contributed by atoms with Gasteiger partial charge in [0.2, 0.25) is 0 Å². The zero-order valence-corrected chi connectivity index (χ0v) is 11.0. The van der Waals surface area contributed by atoms with E-state index < -0.39 is 11.7 Å². The lowest BCUT2D eigenvalue weighted by atomic mass is 10.2. The Bertz CT molecular complexity index is 467. The topological polar surface area (TPSA) is 44.4 Å². The molecule has 2 rings (SSSR count). The van der Waals surface area contributed by atoms with E-state index in [4.69, 9.17) is 0 Å². The van der Waals surface area contributed by atoms with Crippen molar-refractivity contribution in [2.75, 3.05) is 25.5 Å². The van der Waals surface area contributed by atoms with Crippen molar-refractivity contribution < 1.29 is 18.0 Å². The van der Waals surface area contributed by atoms with E-state index in [-0.39, 0.29) is 12.1 Å². The number of carbonyl (C=O) groups is 1. The highest BCUT2D eigenvalue weighted by atomic mass is 19.4. The van der Waals surface area contributed by atoms with Gasteiger partial charge in [0.25, 0.3) is 0 Å². The predicted octanol–water partition coefficient (Wildman–Crippen LogP) is 2.53. The summed E-state index contributed by atoms with van der Waals surface area (Å²) in [6, 6.07) is 4.20. The molecule has 0 aliphatic carbocycles. The van der Waals surface area contributed by atoms with E-state index in [1.807, 2.05) is 0 Å². The zero-order valence-electron chi connectivity index (χ0n) is 11.0. The summed E-state index contributed by atoms with van der Waals surface area (Å²) in [6.45, 7) is 1.60. The molecular weight excluding hydrogens is 271 g/mol. The molecule has 1 aliphatic rings. The Morgan fingerprint density at radius 3 is 2.50 bits per heavy atom. The summed E-state index contributed by atoms with van der Waals surface area (Å²) in [6.07, 6.45) is -3.49. The molecule has 1 atom stereocenters. The fourth-order valence-corrected chi connectivity index (χ4v) is 2.09. The second kappa shape index (κ2) is 5.70. The summed E-state index contributed by atoms with van der Waals surface area (Å²) in [5.41, 5.74) is -0.385. The number of rotatable bonds is 2. The fourth-order valence-electron chi connectivity index (χ4n) is 2.09. The van der Waals surface area contributed by atoms with E-state index in [1.54, 1.807) is 11.9 Å². The van der Waals surface area contributed by atoms with Crippen molar-refractivity contribution in [2.24, 2.45) is 0 Å². The largest absolute Gasteiger partial charge is 0.416 e. The summed E-state index contributed by atoms with van der Waals surface area (Å²) >= 11 is 0. The first kappa shape index (κ1) is 14.6. The highest BCUT2D eigenvalue weighted by Gasteiger charge is 2.30. The number of hydrogen-bond acceptors (Lipinski definition) is 2. The quantitative estimate of drug-likeness (QED) is 0.878. The second-order valence-electron chi connectivity index (χ2n) is 4.76. The first-order chi connectivity index (χ1) is 9.38. The van der Waals surface area contributed by atoms with Gasteiger partial charge in [-0.05, 0) is 37.2 Å². The molecule has 7 heteroatoms. The molecule has 110 valence electrons. The molecule has 1 saturated heterocycles. The first-order valence-corrected chi connectivity index (χ1v) is 6.30. The van der Waals surface area contributed by atoms with Crippen LogP contribution < -0.4 is 10.6 Å². The van der Waals surface area contributed by atoms with Crippen LogP contribution in [0.3, 0.4) is 0 Å². The average molecular weight is 287 g/mol. The molecule has 1 aromatic carbocycles. The molecule has 1 unspecified atom stereocenters. The maximum absolute atomic E-state index is 12.4. The molecule has 1 aromatic rings. The number of benzene rings is 1. The van der Waals surface area contributed by atoms with Crippen LogP contribution in [-0.4, -0.2) is 37.1 Å². The van der Waals surface area contributed by atoms with Crippen LogP contribution in [0.25, 0.3) is 0 Å². The molecule has 0 spiro atoms. The first-order valence-electron chi connectivity index (χ1n) is 6.30. The highest BCUT2D eigenvalue weighted by molar-refractivity contribution is 5.89. The van der Waals surface area contributed by atoms with Gasteiger partial charge in [-0.3, -0.25) is 0 Å². The number of urea groups is 1. The van der Waals surface area contributed by atoms with Crippen molar-refractivity contribution in [1.29, 1.82) is 0 Å². The van der Waals surface area contributed by atoms with Gasteiger partial charge in [-0.15, -0.1) is 0 Å². The number of anilines is 1. The molecule has 0 radical (unpaired) electrons. The van der Waals surface area contributed by atoms with Gasteiger partial charge in [0.05, 0.1) is 5.56 Å². The minimum Gasteiger partial charge on any atom is -0.323 e. The summed E-state index contributed by atoms with van der Waals surface area (Å²) in [4.78, 5) is 13.5. The van der Waals surface area contributed by atoms with Crippen molar-refractivity contribution in [1.82, 2.24) is 10.2 Å². The van der Waals surface area contributed by atoms with Crippen molar-refractivity contribution in [3.8, 4) is 0 Å². The highest BCUT2D eigenvalue weighted by Crippen LogP contribution is 2.29. The number of hydrogen-bond donors (Lipinski definition) is 2. The zero-order chi connectivity index (χ0) is 14.8. The van der Waals surface area contributed by atoms with Crippen molar-refractivity contribution in [3.05, 3.63) is 29.8 Å². The smallest absolute Gasteiger partial charge is 0.323 e. The molecule has 2 amide bonds. The summed E-state index contributed by atoms with van der Waals surface area (Å²) in [5, 5.41) is 5.74.